The molecule has 1 aliphatic carbocycles. The molecule has 1 aliphatic heterocycles. The van der Waals surface area contributed by atoms with Crippen LogP contribution in [0, 0.1) is 17.6 Å². The van der Waals surface area contributed by atoms with E-state index in [-0.39, 0.29) is 0 Å². The van der Waals surface area contributed by atoms with E-state index in [4.69, 9.17) is 0 Å². The molecule has 0 spiro atoms. The first-order chi connectivity index (χ1) is 14.7. The fourth-order valence-corrected chi connectivity index (χ4v) is 5.28. The molecule has 0 unspecified atom stereocenters. The number of rotatable bonds is 7. The minimum absolute atomic E-state index is 0.507. The third kappa shape index (κ3) is 6.08. The molecule has 3 nitrogen and oxygen atoms in total. The zero-order valence-electron chi connectivity index (χ0n) is 17.8. The fourth-order valence-electron chi connectivity index (χ4n) is 5.28. The van der Waals surface area contributed by atoms with Crippen molar-refractivity contribution in [3.63, 3.8) is 0 Å². The minimum atomic E-state index is -0.507. The molecule has 4 rings (SSSR count). The summed E-state index contributed by atoms with van der Waals surface area (Å²) in [5.41, 5.74) is 1.82. The second-order valence-corrected chi connectivity index (χ2v) is 9.10. The van der Waals surface area contributed by atoms with Gasteiger partial charge in [-0.3, -0.25) is 9.88 Å². The Bertz CT molecular complexity index is 772. The Labute approximate surface area is 179 Å². The molecule has 2 aromatic rings. The molecule has 0 radical (unpaired) electrons. The number of hydrogen-bond donors (Lipinski definition) is 0. The number of piperidine rings is 1. The highest BCUT2D eigenvalue weighted by Gasteiger charge is 2.28. The molecule has 5 heteroatoms. The summed E-state index contributed by atoms with van der Waals surface area (Å²) in [6.45, 7) is 4.59. The molecule has 1 aromatic heterocycles. The third-order valence-corrected chi connectivity index (χ3v) is 6.62. The van der Waals surface area contributed by atoms with E-state index in [0.717, 1.165) is 37.3 Å². The summed E-state index contributed by atoms with van der Waals surface area (Å²) in [7, 11) is 0. The summed E-state index contributed by atoms with van der Waals surface area (Å²) >= 11 is 0. The number of hydrogen-bond acceptors (Lipinski definition) is 3. The average molecular weight is 414 g/mol. The van der Waals surface area contributed by atoms with Crippen LogP contribution in [0.4, 0.5) is 8.78 Å². The van der Waals surface area contributed by atoms with E-state index < -0.39 is 11.6 Å². The maximum absolute atomic E-state index is 13.7. The molecule has 0 N–H and O–H groups in total. The number of pyridine rings is 1. The van der Waals surface area contributed by atoms with Crippen LogP contribution in [0.15, 0.2) is 42.7 Å². The van der Waals surface area contributed by atoms with Gasteiger partial charge >= 0.3 is 0 Å². The van der Waals surface area contributed by atoms with Crippen molar-refractivity contribution in [1.82, 2.24) is 14.8 Å². The number of halogens is 2. The van der Waals surface area contributed by atoms with Gasteiger partial charge in [0.15, 0.2) is 0 Å². The van der Waals surface area contributed by atoms with Crippen molar-refractivity contribution in [2.24, 2.45) is 5.92 Å². The summed E-state index contributed by atoms with van der Waals surface area (Å²) in [4.78, 5) is 9.29. The predicted molar refractivity (Wildman–Crippen MR) is 116 cm³/mol. The summed E-state index contributed by atoms with van der Waals surface area (Å²) < 4.78 is 27.5. The Balaban J connectivity index is 1.44. The molecule has 30 heavy (non-hydrogen) atoms. The molecular weight excluding hydrogens is 380 g/mol. The van der Waals surface area contributed by atoms with Crippen LogP contribution in [0.25, 0.3) is 0 Å². The maximum Gasteiger partial charge on any atom is 0.126 e. The van der Waals surface area contributed by atoms with Crippen LogP contribution < -0.4 is 0 Å². The van der Waals surface area contributed by atoms with E-state index in [1.54, 1.807) is 6.20 Å². The highest BCUT2D eigenvalue weighted by atomic mass is 19.1. The Hall–Kier alpha value is -1.85. The first kappa shape index (κ1) is 21.4. The summed E-state index contributed by atoms with van der Waals surface area (Å²) in [5.74, 6) is -0.421. The van der Waals surface area contributed by atoms with Crippen LogP contribution in [-0.4, -0.2) is 40.5 Å². The van der Waals surface area contributed by atoms with E-state index in [1.165, 1.54) is 63.6 Å². The molecule has 1 aromatic carbocycles. The van der Waals surface area contributed by atoms with Crippen molar-refractivity contribution in [3.8, 4) is 0 Å². The highest BCUT2D eigenvalue weighted by molar-refractivity contribution is 5.18. The van der Waals surface area contributed by atoms with Gasteiger partial charge in [0.05, 0.1) is 0 Å². The van der Waals surface area contributed by atoms with Crippen molar-refractivity contribution < 1.29 is 8.78 Å². The Kier molecular flexibility index (Phi) is 7.45. The second-order valence-electron chi connectivity index (χ2n) is 9.10. The molecule has 162 valence electrons. The lowest BCUT2D eigenvalue weighted by molar-refractivity contribution is 0.0771. The lowest BCUT2D eigenvalue weighted by Gasteiger charge is -2.41. The van der Waals surface area contributed by atoms with Crippen LogP contribution >= 0.6 is 0 Å². The first-order valence-corrected chi connectivity index (χ1v) is 11.5. The molecule has 1 saturated carbocycles. The summed E-state index contributed by atoms with van der Waals surface area (Å²) in [5, 5.41) is 0. The summed E-state index contributed by atoms with van der Waals surface area (Å²) in [6.07, 6.45) is 12.9. The van der Waals surface area contributed by atoms with Crippen LogP contribution in [-0.2, 0) is 13.1 Å². The zero-order chi connectivity index (χ0) is 20.8. The molecule has 1 saturated heterocycles. The lowest BCUT2D eigenvalue weighted by Crippen LogP contribution is -2.46. The predicted octanol–water partition coefficient (Wildman–Crippen LogP) is 5.41. The van der Waals surface area contributed by atoms with Crippen molar-refractivity contribution >= 4 is 0 Å². The molecule has 0 bridgehead atoms. The van der Waals surface area contributed by atoms with Crippen molar-refractivity contribution in [2.75, 3.05) is 19.6 Å². The molecule has 1 atom stereocenters. The number of likely N-dealkylation sites (tertiary alicyclic amines) is 1. The van der Waals surface area contributed by atoms with Crippen LogP contribution in [0.3, 0.4) is 0 Å². The minimum Gasteiger partial charge on any atom is -0.300 e. The van der Waals surface area contributed by atoms with Crippen LogP contribution in [0.5, 0.6) is 0 Å². The van der Waals surface area contributed by atoms with Gasteiger partial charge < -0.3 is 4.90 Å². The van der Waals surface area contributed by atoms with Gasteiger partial charge in [-0.05, 0) is 67.5 Å². The van der Waals surface area contributed by atoms with Crippen LogP contribution in [0.1, 0.15) is 56.1 Å². The van der Waals surface area contributed by atoms with Gasteiger partial charge in [0, 0.05) is 50.7 Å². The Morgan fingerprint density at radius 3 is 2.43 bits per heavy atom. The number of benzene rings is 1. The van der Waals surface area contributed by atoms with Gasteiger partial charge in [-0.1, -0.05) is 25.3 Å². The van der Waals surface area contributed by atoms with Gasteiger partial charge in [0.1, 0.15) is 11.6 Å². The van der Waals surface area contributed by atoms with Crippen molar-refractivity contribution in [2.45, 2.75) is 64.1 Å². The van der Waals surface area contributed by atoms with Crippen molar-refractivity contribution in [3.05, 3.63) is 65.5 Å². The normalized spacial score (nSPS) is 21.2. The molecular formula is C25H33F2N3. The highest BCUT2D eigenvalue weighted by Crippen LogP contribution is 2.28. The SMILES string of the molecule is Fc1cc(F)cc(CN(Cc2cccnc2)C[C@@H]2CCCN(C3CCCCC3)C2)c1. The van der Waals surface area contributed by atoms with Crippen LogP contribution in [0.2, 0.25) is 0 Å². The second kappa shape index (κ2) is 10.5. The van der Waals surface area contributed by atoms with Gasteiger partial charge in [0.2, 0.25) is 0 Å². The van der Waals surface area contributed by atoms with Gasteiger partial charge in [-0.2, -0.15) is 0 Å². The zero-order valence-corrected chi connectivity index (χ0v) is 17.8. The number of nitrogens with zero attached hydrogens (tertiary/aromatic N) is 3. The van der Waals surface area contributed by atoms with E-state index >= 15 is 0 Å². The van der Waals surface area contributed by atoms with Gasteiger partial charge in [-0.25, -0.2) is 8.78 Å². The molecule has 2 aliphatic rings. The summed E-state index contributed by atoms with van der Waals surface area (Å²) in [6, 6.07) is 8.62. The van der Waals surface area contributed by atoms with E-state index in [2.05, 4.69) is 20.9 Å². The van der Waals surface area contributed by atoms with E-state index in [0.29, 0.717) is 18.0 Å². The average Bonchev–Trinajstić information content (AvgIpc) is 2.74. The van der Waals surface area contributed by atoms with Gasteiger partial charge in [-0.15, -0.1) is 0 Å². The largest absolute Gasteiger partial charge is 0.300 e. The van der Waals surface area contributed by atoms with E-state index in [1.807, 2.05) is 12.3 Å². The molecule has 2 fully saturated rings. The van der Waals surface area contributed by atoms with Gasteiger partial charge in [0.25, 0.3) is 0 Å². The van der Waals surface area contributed by atoms with E-state index in [9.17, 15) is 8.78 Å². The standard InChI is InChI=1S/C25H33F2N3/c26-23-12-22(13-24(27)14-23)18-29(16-20-6-4-10-28-15-20)17-21-7-5-11-30(19-21)25-8-2-1-3-9-25/h4,6,10,12-15,21,25H,1-3,5,7-9,11,16-19H2/t21-/m0/s1. The topological polar surface area (TPSA) is 19.4 Å². The molecule has 2 heterocycles. The quantitative estimate of drug-likeness (QED) is 0.605. The Morgan fingerprint density at radius 2 is 1.70 bits per heavy atom. The third-order valence-electron chi connectivity index (χ3n) is 6.62. The lowest BCUT2D eigenvalue weighted by atomic mass is 9.90. The maximum atomic E-state index is 13.7. The van der Waals surface area contributed by atoms with Crippen molar-refractivity contribution in [1.29, 1.82) is 0 Å². The number of aromatic nitrogens is 1. The smallest absolute Gasteiger partial charge is 0.126 e. The fraction of sp³-hybridized carbons (Fsp3) is 0.560. The molecule has 0 amide bonds. The monoisotopic (exact) mass is 413 g/mol. The Morgan fingerprint density at radius 1 is 0.933 bits per heavy atom. The first-order valence-electron chi connectivity index (χ1n) is 11.5.